The zero-order valence-corrected chi connectivity index (χ0v) is 25.0. The first-order valence-electron chi connectivity index (χ1n) is 13.7. The van der Waals surface area contributed by atoms with Gasteiger partial charge in [-0.25, -0.2) is 0 Å². The Labute approximate surface area is 240 Å². The summed E-state index contributed by atoms with van der Waals surface area (Å²) in [6.07, 6.45) is 0. The van der Waals surface area contributed by atoms with Crippen molar-refractivity contribution in [3.05, 3.63) is 113 Å². The Morgan fingerprint density at radius 3 is 1.23 bits per heavy atom. The van der Waals surface area contributed by atoms with Crippen LogP contribution in [0.1, 0.15) is 27.8 Å². The molecule has 8 rings (SSSR count). The molecule has 3 nitrogen and oxygen atoms in total. The maximum atomic E-state index is 7.04. The first-order valence-corrected chi connectivity index (χ1v) is 16.5. The van der Waals surface area contributed by atoms with Gasteiger partial charge in [0.15, 0.2) is 0 Å². The van der Waals surface area contributed by atoms with E-state index in [-0.39, 0.29) is 0 Å². The topological polar surface area (TPSA) is 15.7 Å². The van der Waals surface area contributed by atoms with Crippen LogP contribution in [0.2, 0.25) is 0 Å². The molecule has 5 aromatic rings. The lowest BCUT2D eigenvalue weighted by Crippen LogP contribution is -2.45. The smallest absolute Gasteiger partial charge is 0.138 e. The van der Waals surface area contributed by atoms with Gasteiger partial charge in [-0.15, -0.1) is 0 Å². The Morgan fingerprint density at radius 1 is 0.475 bits per heavy atom. The summed E-state index contributed by atoms with van der Waals surface area (Å²) in [4.78, 5) is 4.84. The summed E-state index contributed by atoms with van der Waals surface area (Å²) in [5.41, 5.74) is 13.0. The second kappa shape index (κ2) is 8.10. The minimum Gasteiger partial charge on any atom is -0.456 e. The van der Waals surface area contributed by atoms with Crippen LogP contribution in [0.3, 0.4) is 0 Å². The minimum atomic E-state index is -2.45. The molecule has 5 aromatic carbocycles. The number of hydrogen-bond donors (Lipinski definition) is 0. The lowest BCUT2D eigenvalue weighted by Gasteiger charge is -2.49. The second-order valence-electron chi connectivity index (χ2n) is 11.5. The van der Waals surface area contributed by atoms with Crippen molar-refractivity contribution in [1.82, 2.24) is 0 Å². The SMILES string of the molecule is Cc1ccc(N2c3cc(C)cc4c3P3(=S)c5c(cc(C)cc5N(c5ccc(C)cc5)c5cc(C)cc2c53)O4)cc1. The largest absolute Gasteiger partial charge is 0.456 e. The molecule has 0 amide bonds. The quantitative estimate of drug-likeness (QED) is 0.198. The van der Waals surface area contributed by atoms with Crippen LogP contribution in [-0.4, -0.2) is 0 Å². The molecule has 0 bridgehead atoms. The molecule has 5 heteroatoms. The molecule has 196 valence electrons. The minimum absolute atomic E-state index is 0.903. The fourth-order valence-electron chi connectivity index (χ4n) is 6.65. The summed E-state index contributed by atoms with van der Waals surface area (Å²) in [5, 5.41) is 3.60. The third-order valence-electron chi connectivity index (χ3n) is 8.32. The van der Waals surface area contributed by atoms with E-state index in [4.69, 9.17) is 16.5 Å². The number of rotatable bonds is 2. The molecule has 0 aromatic heterocycles. The van der Waals surface area contributed by atoms with Gasteiger partial charge < -0.3 is 14.5 Å². The molecule has 3 aliphatic rings. The monoisotopic (exact) mass is 556 g/mol. The van der Waals surface area contributed by atoms with Crippen LogP contribution in [0.5, 0.6) is 11.5 Å². The summed E-state index contributed by atoms with van der Waals surface area (Å²) in [7, 11) is 0. The molecule has 3 aliphatic heterocycles. The normalized spacial score (nSPS) is 15.0. The Kier molecular flexibility index (Phi) is 4.86. The molecule has 0 fully saturated rings. The van der Waals surface area contributed by atoms with E-state index in [1.165, 1.54) is 55.1 Å². The van der Waals surface area contributed by atoms with Crippen molar-refractivity contribution in [2.75, 3.05) is 9.80 Å². The maximum absolute atomic E-state index is 7.04. The lowest BCUT2D eigenvalue weighted by atomic mass is 10.0. The third-order valence-corrected chi connectivity index (χ3v) is 13.2. The molecule has 0 atom stereocenters. The molecule has 40 heavy (non-hydrogen) atoms. The van der Waals surface area contributed by atoms with Gasteiger partial charge in [-0.3, -0.25) is 0 Å². The summed E-state index contributed by atoms with van der Waals surface area (Å²) in [6.45, 7) is 10.8. The molecule has 0 unspecified atom stereocenters. The van der Waals surface area contributed by atoms with E-state index in [0.717, 1.165) is 34.2 Å². The highest BCUT2D eigenvalue weighted by Gasteiger charge is 2.50. The van der Waals surface area contributed by atoms with Crippen LogP contribution in [0.15, 0.2) is 84.9 Å². The Morgan fingerprint density at radius 2 is 0.825 bits per heavy atom. The Bertz CT molecular complexity index is 1830. The molecule has 3 heterocycles. The molecular weight excluding hydrogens is 527 g/mol. The standard InChI is InChI=1S/C35H29N2OPS/c1-20-6-10-25(11-7-20)36-27-14-22(3)15-28-33(27)39(40)34-29(36)16-23(4)18-31(34)38-32-19-24(5)17-30(35(32)39)37(28)26-12-8-21(2)9-13-26/h6-19H,1-5H3. The van der Waals surface area contributed by atoms with Crippen molar-refractivity contribution in [3.8, 4) is 11.5 Å². The van der Waals surface area contributed by atoms with Crippen LogP contribution in [0.4, 0.5) is 34.1 Å². The highest BCUT2D eigenvalue weighted by Crippen LogP contribution is 2.66. The van der Waals surface area contributed by atoms with Gasteiger partial charge in [0.1, 0.15) is 11.5 Å². The van der Waals surface area contributed by atoms with Gasteiger partial charge in [0, 0.05) is 16.7 Å². The maximum Gasteiger partial charge on any atom is 0.138 e. The fourth-order valence-corrected chi connectivity index (χ4v) is 11.8. The van der Waals surface area contributed by atoms with Crippen molar-refractivity contribution in [3.63, 3.8) is 0 Å². The number of benzene rings is 5. The van der Waals surface area contributed by atoms with Gasteiger partial charge in [0.2, 0.25) is 0 Å². The lowest BCUT2D eigenvalue weighted by molar-refractivity contribution is 0.488. The van der Waals surface area contributed by atoms with Crippen LogP contribution in [0.25, 0.3) is 0 Å². The molecule has 0 aliphatic carbocycles. The predicted molar refractivity (Wildman–Crippen MR) is 173 cm³/mol. The number of anilines is 6. The van der Waals surface area contributed by atoms with E-state index in [1.54, 1.807) is 0 Å². The number of ether oxygens (including phenoxy) is 1. The average molecular weight is 557 g/mol. The zero-order chi connectivity index (χ0) is 27.5. The summed E-state index contributed by atoms with van der Waals surface area (Å²) in [5.74, 6) is 1.81. The number of nitrogens with zero attached hydrogens (tertiary/aromatic N) is 2. The number of hydrogen-bond acceptors (Lipinski definition) is 4. The summed E-state index contributed by atoms with van der Waals surface area (Å²) in [6, 6.07) is 28.8. The summed E-state index contributed by atoms with van der Waals surface area (Å²) < 4.78 is 6.81. The highest BCUT2D eigenvalue weighted by atomic mass is 32.4. The summed E-state index contributed by atoms with van der Waals surface area (Å²) >= 11 is 7.04. The van der Waals surface area contributed by atoms with Crippen molar-refractivity contribution < 1.29 is 4.74 Å². The van der Waals surface area contributed by atoms with Crippen LogP contribution in [-0.2, 0) is 11.8 Å². The Balaban J connectivity index is 1.56. The van der Waals surface area contributed by atoms with Gasteiger partial charge in [0.25, 0.3) is 0 Å². The number of aryl methyl sites for hydroxylation is 5. The van der Waals surface area contributed by atoms with Crippen LogP contribution < -0.4 is 30.5 Å². The molecule has 0 N–H and O–H groups in total. The molecule has 0 saturated heterocycles. The van der Waals surface area contributed by atoms with Gasteiger partial charge in [-0.05, 0) is 112 Å². The van der Waals surface area contributed by atoms with E-state index in [2.05, 4.69) is 129 Å². The van der Waals surface area contributed by atoms with E-state index in [9.17, 15) is 0 Å². The van der Waals surface area contributed by atoms with Gasteiger partial charge in [-0.1, -0.05) is 47.2 Å². The van der Waals surface area contributed by atoms with Gasteiger partial charge in [-0.2, -0.15) is 0 Å². The fraction of sp³-hybridized carbons (Fsp3) is 0.143. The third kappa shape index (κ3) is 3.09. The predicted octanol–water partition coefficient (Wildman–Crippen LogP) is 8.66. The van der Waals surface area contributed by atoms with Gasteiger partial charge in [0.05, 0.1) is 39.4 Å². The molecule has 0 saturated carbocycles. The average Bonchev–Trinajstić information content (AvgIpc) is 2.89. The first-order chi connectivity index (χ1) is 19.2. The highest BCUT2D eigenvalue weighted by molar-refractivity contribution is 8.26. The second-order valence-corrected chi connectivity index (χ2v) is 15.7. The van der Waals surface area contributed by atoms with Crippen molar-refractivity contribution in [2.24, 2.45) is 0 Å². The van der Waals surface area contributed by atoms with E-state index >= 15 is 0 Å². The molecular formula is C35H29N2OPS. The van der Waals surface area contributed by atoms with Crippen molar-refractivity contribution >= 4 is 67.9 Å². The Hall–Kier alpha value is -3.85. The van der Waals surface area contributed by atoms with Crippen molar-refractivity contribution in [1.29, 1.82) is 0 Å². The van der Waals surface area contributed by atoms with E-state index in [1.807, 2.05) is 0 Å². The molecule has 0 spiro atoms. The van der Waals surface area contributed by atoms with Crippen LogP contribution in [0, 0.1) is 34.6 Å². The molecule has 0 radical (unpaired) electrons. The zero-order valence-electron chi connectivity index (χ0n) is 23.2. The van der Waals surface area contributed by atoms with E-state index < -0.39 is 6.04 Å². The van der Waals surface area contributed by atoms with Crippen LogP contribution >= 0.6 is 6.04 Å². The van der Waals surface area contributed by atoms with E-state index in [0.29, 0.717) is 0 Å². The van der Waals surface area contributed by atoms with Crippen molar-refractivity contribution in [2.45, 2.75) is 34.6 Å². The first kappa shape index (κ1) is 24.0. The van der Waals surface area contributed by atoms with Gasteiger partial charge >= 0.3 is 0 Å².